The van der Waals surface area contributed by atoms with Gasteiger partial charge in [0.05, 0.1) is 12.1 Å². The first-order chi connectivity index (χ1) is 13.5. The summed E-state index contributed by atoms with van der Waals surface area (Å²) in [6, 6.07) is 7.71. The second kappa shape index (κ2) is 7.76. The fourth-order valence-corrected chi connectivity index (χ4v) is 4.88. The third-order valence-corrected chi connectivity index (χ3v) is 6.50. The van der Waals surface area contributed by atoms with Crippen molar-refractivity contribution in [1.29, 1.82) is 0 Å². The van der Waals surface area contributed by atoms with E-state index in [1.807, 2.05) is 45.0 Å². The number of hydrogen-bond donors (Lipinski definition) is 2. The third kappa shape index (κ3) is 3.29. The standard InChI is InChI=1S/C22H30N2O4/c1-4-27-19-13-18(22(19)9-11-26-12-10-22)24-21(25)23-15(3)20-14(2)16-7-5-6-8-17(16)28-20/h5-8,15,18-19H,4,9-13H2,1-3H3,(H2,23,24,25)/t15-,18?,19?/m1/s1. The molecule has 1 aromatic carbocycles. The number of amides is 2. The second-order valence-corrected chi connectivity index (χ2v) is 8.00. The molecule has 2 aliphatic rings. The molecule has 1 aliphatic heterocycles. The Morgan fingerprint density at radius 3 is 2.79 bits per heavy atom. The van der Waals surface area contributed by atoms with Gasteiger partial charge >= 0.3 is 6.03 Å². The number of furan rings is 1. The van der Waals surface area contributed by atoms with E-state index in [9.17, 15) is 4.79 Å². The lowest BCUT2D eigenvalue weighted by atomic mass is 9.57. The topological polar surface area (TPSA) is 72.7 Å². The molecule has 0 bridgehead atoms. The van der Waals surface area contributed by atoms with Gasteiger partial charge in [-0.1, -0.05) is 18.2 Å². The van der Waals surface area contributed by atoms with Crippen LogP contribution >= 0.6 is 0 Å². The van der Waals surface area contributed by atoms with Crippen molar-refractivity contribution in [2.45, 2.75) is 58.2 Å². The Morgan fingerprint density at radius 1 is 1.32 bits per heavy atom. The number of carbonyl (C=O) groups excluding carboxylic acids is 1. The number of benzene rings is 1. The molecule has 2 aromatic rings. The molecule has 0 radical (unpaired) electrons. The smallest absolute Gasteiger partial charge is 0.315 e. The maximum atomic E-state index is 12.7. The highest BCUT2D eigenvalue weighted by molar-refractivity contribution is 5.82. The average molecular weight is 386 g/mol. The molecular weight excluding hydrogens is 356 g/mol. The molecule has 2 fully saturated rings. The van der Waals surface area contributed by atoms with Gasteiger partial charge in [-0.25, -0.2) is 4.79 Å². The van der Waals surface area contributed by atoms with Gasteiger partial charge < -0.3 is 24.5 Å². The van der Waals surface area contributed by atoms with Gasteiger partial charge in [0, 0.05) is 42.2 Å². The minimum absolute atomic E-state index is 0.00408. The van der Waals surface area contributed by atoms with Crippen LogP contribution in [-0.2, 0) is 9.47 Å². The molecule has 1 saturated carbocycles. The monoisotopic (exact) mass is 386 g/mol. The molecule has 2 heterocycles. The molecule has 1 aromatic heterocycles. The fourth-order valence-electron chi connectivity index (χ4n) is 4.88. The molecule has 1 saturated heterocycles. The molecule has 1 aliphatic carbocycles. The molecule has 2 N–H and O–H groups in total. The van der Waals surface area contributed by atoms with Crippen LogP contribution in [0, 0.1) is 12.3 Å². The summed E-state index contributed by atoms with van der Waals surface area (Å²) in [5.74, 6) is 0.804. The Morgan fingerprint density at radius 2 is 2.07 bits per heavy atom. The Labute approximate surface area is 165 Å². The van der Waals surface area contributed by atoms with Gasteiger partial charge in [-0.15, -0.1) is 0 Å². The van der Waals surface area contributed by atoms with Gasteiger partial charge in [0.1, 0.15) is 11.3 Å². The minimum Gasteiger partial charge on any atom is -0.459 e. The number of aryl methyl sites for hydroxylation is 1. The summed E-state index contributed by atoms with van der Waals surface area (Å²) in [5.41, 5.74) is 1.93. The highest BCUT2D eigenvalue weighted by Crippen LogP contribution is 2.50. The lowest BCUT2D eigenvalue weighted by Gasteiger charge is -2.57. The van der Waals surface area contributed by atoms with E-state index in [-0.39, 0.29) is 29.6 Å². The second-order valence-electron chi connectivity index (χ2n) is 8.00. The number of hydrogen-bond acceptors (Lipinski definition) is 4. The van der Waals surface area contributed by atoms with Crippen molar-refractivity contribution in [3.8, 4) is 0 Å². The molecule has 2 amide bonds. The molecular formula is C22H30N2O4. The molecule has 6 nitrogen and oxygen atoms in total. The highest BCUT2D eigenvalue weighted by Gasteiger charge is 2.56. The summed E-state index contributed by atoms with van der Waals surface area (Å²) in [7, 11) is 0. The van der Waals surface area contributed by atoms with Crippen molar-refractivity contribution in [3.63, 3.8) is 0 Å². The lowest BCUT2D eigenvalue weighted by molar-refractivity contribution is -0.169. The summed E-state index contributed by atoms with van der Waals surface area (Å²) in [6.45, 7) is 8.19. The van der Waals surface area contributed by atoms with E-state index in [1.165, 1.54) is 0 Å². The Kier molecular flexibility index (Phi) is 5.34. The van der Waals surface area contributed by atoms with Crippen LogP contribution in [0.4, 0.5) is 4.79 Å². The van der Waals surface area contributed by atoms with Crippen LogP contribution in [0.1, 0.15) is 50.5 Å². The summed E-state index contributed by atoms with van der Waals surface area (Å²) in [4.78, 5) is 12.7. The van der Waals surface area contributed by atoms with Crippen molar-refractivity contribution in [3.05, 3.63) is 35.6 Å². The zero-order valence-corrected chi connectivity index (χ0v) is 16.9. The number of rotatable bonds is 5. The predicted octanol–water partition coefficient (Wildman–Crippen LogP) is 4.08. The molecule has 2 unspecified atom stereocenters. The number of nitrogens with one attached hydrogen (secondary N) is 2. The van der Waals surface area contributed by atoms with Crippen LogP contribution < -0.4 is 10.6 Å². The summed E-state index contributed by atoms with van der Waals surface area (Å²) in [5, 5.41) is 7.33. The maximum Gasteiger partial charge on any atom is 0.315 e. The summed E-state index contributed by atoms with van der Waals surface area (Å²) in [6.07, 6.45) is 2.93. The first kappa shape index (κ1) is 19.3. The van der Waals surface area contributed by atoms with E-state index in [4.69, 9.17) is 13.9 Å². The first-order valence-electron chi connectivity index (χ1n) is 10.3. The van der Waals surface area contributed by atoms with Crippen LogP contribution in [0.3, 0.4) is 0 Å². The number of urea groups is 1. The predicted molar refractivity (Wildman–Crippen MR) is 107 cm³/mol. The fraction of sp³-hybridized carbons (Fsp3) is 0.591. The van der Waals surface area contributed by atoms with E-state index in [0.29, 0.717) is 6.61 Å². The summed E-state index contributed by atoms with van der Waals surface area (Å²) >= 11 is 0. The van der Waals surface area contributed by atoms with Crippen LogP contribution in [0.15, 0.2) is 28.7 Å². The highest BCUT2D eigenvalue weighted by atomic mass is 16.5. The van der Waals surface area contributed by atoms with Crippen LogP contribution in [-0.4, -0.2) is 38.0 Å². The van der Waals surface area contributed by atoms with Crippen molar-refractivity contribution < 1.29 is 18.7 Å². The third-order valence-electron chi connectivity index (χ3n) is 6.50. The van der Waals surface area contributed by atoms with Gasteiger partial charge in [0.25, 0.3) is 0 Å². The molecule has 6 heteroatoms. The largest absolute Gasteiger partial charge is 0.459 e. The van der Waals surface area contributed by atoms with E-state index in [1.54, 1.807) is 0 Å². The van der Waals surface area contributed by atoms with Crippen molar-refractivity contribution >= 4 is 17.0 Å². The zero-order valence-electron chi connectivity index (χ0n) is 16.9. The molecule has 3 atom stereocenters. The number of ether oxygens (including phenoxy) is 2. The van der Waals surface area contributed by atoms with Gasteiger partial charge in [-0.05, 0) is 46.1 Å². The first-order valence-corrected chi connectivity index (χ1v) is 10.3. The molecule has 152 valence electrons. The van der Waals surface area contributed by atoms with Crippen LogP contribution in [0.25, 0.3) is 11.0 Å². The minimum atomic E-state index is -0.208. The van der Waals surface area contributed by atoms with E-state index >= 15 is 0 Å². The van der Waals surface area contributed by atoms with Crippen molar-refractivity contribution in [2.24, 2.45) is 5.41 Å². The maximum absolute atomic E-state index is 12.7. The number of carbonyl (C=O) groups is 1. The average Bonchev–Trinajstić information content (AvgIpc) is 3.05. The van der Waals surface area contributed by atoms with Crippen LogP contribution in [0.2, 0.25) is 0 Å². The quantitative estimate of drug-likeness (QED) is 0.812. The summed E-state index contributed by atoms with van der Waals surface area (Å²) < 4.78 is 17.5. The van der Waals surface area contributed by atoms with Crippen molar-refractivity contribution in [2.75, 3.05) is 19.8 Å². The van der Waals surface area contributed by atoms with Gasteiger partial charge in [0.2, 0.25) is 0 Å². The van der Waals surface area contributed by atoms with E-state index < -0.39 is 0 Å². The van der Waals surface area contributed by atoms with E-state index in [2.05, 4.69) is 10.6 Å². The molecule has 4 rings (SSSR count). The van der Waals surface area contributed by atoms with Crippen molar-refractivity contribution in [1.82, 2.24) is 10.6 Å². The van der Waals surface area contributed by atoms with Gasteiger partial charge in [0.15, 0.2) is 0 Å². The Hall–Kier alpha value is -2.05. The molecule has 28 heavy (non-hydrogen) atoms. The number of fused-ring (bicyclic) bond motifs is 1. The number of para-hydroxylation sites is 1. The SMILES string of the molecule is CCOC1CC(NC(=O)N[C@H](C)c2oc3ccccc3c2C)C12CCOCC2. The van der Waals surface area contributed by atoms with Crippen LogP contribution in [0.5, 0.6) is 0 Å². The normalized spacial score (nSPS) is 24.7. The Bertz CT molecular complexity index is 840. The zero-order chi connectivity index (χ0) is 19.7. The molecule has 1 spiro atoms. The van der Waals surface area contributed by atoms with E-state index in [0.717, 1.165) is 54.8 Å². The lowest BCUT2D eigenvalue weighted by Crippen LogP contribution is -2.67. The Balaban J connectivity index is 1.41. The van der Waals surface area contributed by atoms with Gasteiger partial charge in [-0.2, -0.15) is 0 Å². The van der Waals surface area contributed by atoms with Gasteiger partial charge in [-0.3, -0.25) is 0 Å².